The Balaban J connectivity index is 0.000000256. The lowest BCUT2D eigenvalue weighted by molar-refractivity contribution is 0.0222. The molecule has 0 bridgehead atoms. The minimum Gasteiger partial charge on any atom is -0.444 e. The standard InChI is InChI=1S/C16H20ClNO3.C11H14ClN.C2H6/c1-16(2,3)21-15(20)18-10-4-5-13(18)14(19)11-6-8-12(17)9-7-11;12-10-5-3-9(4-6-10)8-11-2-1-7-13-11;1-2/h6-9,13H,4-5,10H2,1-3H3;3-6,11,13H,1-2,7-8H2;1-2H3/t13-;11-;/m11./s1/i;;1D. The molecule has 1 N–H and O–H groups in total. The van der Waals surface area contributed by atoms with E-state index in [0.717, 1.165) is 17.9 Å². The number of ketones is 1. The van der Waals surface area contributed by atoms with E-state index < -0.39 is 17.7 Å². The summed E-state index contributed by atoms with van der Waals surface area (Å²) >= 11 is 11.6. The number of carbonyl (C=O) groups is 2. The second-order valence-corrected chi connectivity index (χ2v) is 10.7. The highest BCUT2D eigenvalue weighted by Gasteiger charge is 2.36. The summed E-state index contributed by atoms with van der Waals surface area (Å²) in [4.78, 5) is 26.3. The monoisotopic (exact) mass is 535 g/mol. The molecule has 0 spiro atoms. The summed E-state index contributed by atoms with van der Waals surface area (Å²) < 4.78 is 11.6. The Bertz CT molecular complexity index is 972. The van der Waals surface area contributed by atoms with E-state index in [-0.39, 0.29) is 5.78 Å². The van der Waals surface area contributed by atoms with E-state index in [1.807, 2.05) is 32.9 Å². The van der Waals surface area contributed by atoms with Crippen molar-refractivity contribution in [2.45, 2.75) is 84.4 Å². The molecule has 1 amide bonds. The zero-order valence-electron chi connectivity index (χ0n) is 22.9. The molecule has 198 valence electrons. The molecule has 2 aliphatic rings. The van der Waals surface area contributed by atoms with Gasteiger partial charge in [0.05, 0.1) is 6.04 Å². The Morgan fingerprint density at radius 2 is 1.61 bits per heavy atom. The summed E-state index contributed by atoms with van der Waals surface area (Å²) in [5.41, 5.74) is 1.39. The Kier molecular flexibility index (Phi) is 11.6. The number of likely N-dealkylation sites (tertiary alicyclic amines) is 1. The molecule has 2 atom stereocenters. The SMILES string of the molecule is CC(C)(C)OC(=O)N1CCC[C@@H]1C(=O)c1ccc(Cl)cc1.Clc1ccc(C[C@H]2CCCN2)cc1.[2H]CC. The zero-order valence-corrected chi connectivity index (χ0v) is 23.4. The lowest BCUT2D eigenvalue weighted by Gasteiger charge is -2.28. The van der Waals surface area contributed by atoms with Gasteiger partial charge in [-0.05, 0) is 101 Å². The maximum Gasteiger partial charge on any atom is 0.410 e. The highest BCUT2D eigenvalue weighted by molar-refractivity contribution is 6.30. The number of hydrogen-bond acceptors (Lipinski definition) is 4. The molecule has 0 unspecified atom stereocenters. The largest absolute Gasteiger partial charge is 0.444 e. The fraction of sp³-hybridized carbons (Fsp3) is 0.517. The number of hydrogen-bond donors (Lipinski definition) is 1. The zero-order chi connectivity index (χ0) is 27.4. The molecule has 2 saturated heterocycles. The molecule has 2 aromatic rings. The second-order valence-electron chi connectivity index (χ2n) is 9.83. The van der Waals surface area contributed by atoms with Gasteiger partial charge < -0.3 is 10.1 Å². The molecule has 2 aromatic carbocycles. The van der Waals surface area contributed by atoms with Crippen molar-refractivity contribution < 1.29 is 15.7 Å². The van der Waals surface area contributed by atoms with Crippen molar-refractivity contribution in [1.29, 1.82) is 0 Å². The number of nitrogens with one attached hydrogen (secondary N) is 1. The minimum absolute atomic E-state index is 0.0602. The molecule has 2 fully saturated rings. The van der Waals surface area contributed by atoms with Gasteiger partial charge in [0, 0.05) is 29.6 Å². The molecule has 2 heterocycles. The average molecular weight is 537 g/mol. The van der Waals surface area contributed by atoms with Gasteiger partial charge in [-0.15, -0.1) is 0 Å². The van der Waals surface area contributed by atoms with Gasteiger partial charge in [-0.3, -0.25) is 9.69 Å². The van der Waals surface area contributed by atoms with Crippen molar-refractivity contribution in [3.8, 4) is 0 Å². The van der Waals surface area contributed by atoms with E-state index in [1.165, 1.54) is 29.8 Å². The number of nitrogens with zero attached hydrogens (tertiary/aromatic N) is 1. The molecule has 2 aliphatic heterocycles. The third kappa shape index (κ3) is 9.76. The summed E-state index contributed by atoms with van der Waals surface area (Å²) in [5, 5.41) is 4.89. The van der Waals surface area contributed by atoms with Crippen LogP contribution in [0.25, 0.3) is 0 Å². The van der Waals surface area contributed by atoms with Crippen LogP contribution in [0.3, 0.4) is 0 Å². The van der Waals surface area contributed by atoms with Gasteiger partial charge >= 0.3 is 6.09 Å². The van der Waals surface area contributed by atoms with Crippen molar-refractivity contribution in [2.24, 2.45) is 0 Å². The first-order valence-corrected chi connectivity index (χ1v) is 13.4. The summed E-state index contributed by atoms with van der Waals surface area (Å²) in [6.07, 6.45) is 4.81. The van der Waals surface area contributed by atoms with Crippen LogP contribution in [-0.2, 0) is 11.2 Å². The summed E-state index contributed by atoms with van der Waals surface area (Å²) in [6, 6.07) is 15.1. The molecule has 7 heteroatoms. The van der Waals surface area contributed by atoms with Crippen LogP contribution < -0.4 is 5.32 Å². The first kappa shape index (κ1) is 28.5. The number of rotatable bonds is 4. The third-order valence-corrected chi connectivity index (χ3v) is 6.37. The van der Waals surface area contributed by atoms with Gasteiger partial charge in [-0.2, -0.15) is 0 Å². The van der Waals surface area contributed by atoms with Gasteiger partial charge in [0.1, 0.15) is 5.60 Å². The van der Waals surface area contributed by atoms with Crippen molar-refractivity contribution in [3.05, 3.63) is 69.7 Å². The molecule has 0 saturated carbocycles. The Morgan fingerprint density at radius 3 is 2.14 bits per heavy atom. The fourth-order valence-electron chi connectivity index (χ4n) is 4.22. The van der Waals surface area contributed by atoms with E-state index in [2.05, 4.69) is 17.4 Å². The number of Topliss-reactive ketones (excluding diaryl/α,β-unsaturated/α-hetero) is 1. The Labute approximate surface area is 227 Å². The van der Waals surface area contributed by atoms with Crippen molar-refractivity contribution in [2.75, 3.05) is 13.1 Å². The minimum atomic E-state index is -0.562. The fourth-order valence-corrected chi connectivity index (χ4v) is 4.47. The van der Waals surface area contributed by atoms with Crippen LogP contribution in [0.15, 0.2) is 48.5 Å². The smallest absolute Gasteiger partial charge is 0.410 e. The van der Waals surface area contributed by atoms with Gasteiger partial charge in [-0.25, -0.2) is 4.79 Å². The predicted octanol–water partition coefficient (Wildman–Crippen LogP) is 7.58. The van der Waals surface area contributed by atoms with Crippen molar-refractivity contribution >= 4 is 35.1 Å². The molecule has 36 heavy (non-hydrogen) atoms. The van der Waals surface area contributed by atoms with Gasteiger partial charge in [0.2, 0.25) is 0 Å². The number of ether oxygens (including phenoxy) is 1. The van der Waals surface area contributed by atoms with Gasteiger partial charge in [-0.1, -0.05) is 49.2 Å². The van der Waals surface area contributed by atoms with Crippen LogP contribution in [0.2, 0.25) is 10.0 Å². The van der Waals surface area contributed by atoms with Crippen LogP contribution in [-0.4, -0.2) is 47.6 Å². The number of carbonyl (C=O) groups excluding carboxylic acids is 2. The van der Waals surface area contributed by atoms with Crippen molar-refractivity contribution in [3.63, 3.8) is 0 Å². The first-order valence-electron chi connectivity index (χ1n) is 13.3. The average Bonchev–Trinajstić information content (AvgIpc) is 3.53. The highest BCUT2D eigenvalue weighted by Crippen LogP contribution is 2.24. The van der Waals surface area contributed by atoms with Gasteiger partial charge in [0.15, 0.2) is 5.78 Å². The molecule has 0 aromatic heterocycles. The molecular weight excluding hydrogens is 495 g/mol. The number of halogens is 2. The third-order valence-electron chi connectivity index (χ3n) is 5.87. The van der Waals surface area contributed by atoms with Gasteiger partial charge in [0.25, 0.3) is 0 Å². The molecular formula is C29H40Cl2N2O3. The van der Waals surface area contributed by atoms with E-state index in [1.54, 1.807) is 31.2 Å². The van der Waals surface area contributed by atoms with Crippen molar-refractivity contribution in [1.82, 2.24) is 10.2 Å². The van der Waals surface area contributed by atoms with Crippen LogP contribution in [0.4, 0.5) is 4.79 Å². The lowest BCUT2D eigenvalue weighted by Crippen LogP contribution is -2.43. The van der Waals surface area contributed by atoms with E-state index in [4.69, 9.17) is 29.3 Å². The lowest BCUT2D eigenvalue weighted by atomic mass is 10.0. The normalized spacial score (nSPS) is 19.4. The van der Waals surface area contributed by atoms with E-state index >= 15 is 0 Å². The highest BCUT2D eigenvalue weighted by atomic mass is 35.5. The predicted molar refractivity (Wildman–Crippen MR) is 149 cm³/mol. The van der Waals surface area contributed by atoms with Crippen LogP contribution in [0.1, 0.15) is 77.6 Å². The summed E-state index contributed by atoms with van der Waals surface area (Å²) in [5.74, 6) is -0.0602. The first-order chi connectivity index (χ1) is 17.5. The molecule has 0 radical (unpaired) electrons. The Morgan fingerprint density at radius 1 is 1.03 bits per heavy atom. The molecule has 5 nitrogen and oxygen atoms in total. The topological polar surface area (TPSA) is 58.6 Å². The number of benzene rings is 2. The Hall–Kier alpha value is -2.08. The molecule has 0 aliphatic carbocycles. The van der Waals surface area contributed by atoms with Crippen LogP contribution in [0.5, 0.6) is 0 Å². The van der Waals surface area contributed by atoms with E-state index in [0.29, 0.717) is 36.5 Å². The maximum absolute atomic E-state index is 12.5. The maximum atomic E-state index is 12.5. The number of amides is 1. The summed E-state index contributed by atoms with van der Waals surface area (Å²) in [7, 11) is 0. The molecule has 4 rings (SSSR count). The van der Waals surface area contributed by atoms with E-state index in [9.17, 15) is 9.59 Å². The van der Waals surface area contributed by atoms with Crippen LogP contribution in [0, 0.1) is 0 Å². The van der Waals surface area contributed by atoms with Crippen LogP contribution >= 0.6 is 23.2 Å². The summed E-state index contributed by atoms with van der Waals surface area (Å²) in [6.45, 7) is 9.47. The second kappa shape index (κ2) is 14.6. The quantitative estimate of drug-likeness (QED) is 0.409.